The van der Waals surface area contributed by atoms with Crippen molar-refractivity contribution in [3.05, 3.63) is 23.5 Å². The topological polar surface area (TPSA) is 70.8 Å². The van der Waals surface area contributed by atoms with E-state index >= 15 is 0 Å². The number of benzene rings is 1. The Labute approximate surface area is 117 Å². The number of carbonyl (C=O) groups excluding carboxylic acids is 1. The number of ether oxygens (including phenoxy) is 3. The first-order valence-corrected chi connectivity index (χ1v) is 6.05. The van der Waals surface area contributed by atoms with Crippen molar-refractivity contribution in [1.29, 1.82) is 0 Å². The van der Waals surface area contributed by atoms with E-state index in [1.807, 2.05) is 0 Å². The normalized spacial score (nSPS) is 12.8. The van der Waals surface area contributed by atoms with Crippen molar-refractivity contribution in [3.63, 3.8) is 0 Å². The van der Waals surface area contributed by atoms with Crippen LogP contribution in [0.1, 0.15) is 25.5 Å². The van der Waals surface area contributed by atoms with Crippen molar-refractivity contribution in [1.82, 2.24) is 0 Å². The summed E-state index contributed by atoms with van der Waals surface area (Å²) in [5.74, 6) is -0.469. The third kappa shape index (κ3) is 2.85. The first-order valence-electron chi connectivity index (χ1n) is 6.05. The highest BCUT2D eigenvalue weighted by Crippen LogP contribution is 2.38. The van der Waals surface area contributed by atoms with E-state index in [0.29, 0.717) is 5.75 Å². The molecule has 5 nitrogen and oxygen atoms in total. The third-order valence-corrected chi connectivity index (χ3v) is 3.33. The molecule has 0 unspecified atom stereocenters. The van der Waals surface area contributed by atoms with Gasteiger partial charge in [0.1, 0.15) is 5.82 Å². The van der Waals surface area contributed by atoms with Gasteiger partial charge >= 0.3 is 5.97 Å². The van der Waals surface area contributed by atoms with Crippen LogP contribution in [0, 0.1) is 11.2 Å². The number of carbonyl (C=O) groups is 1. The second kappa shape index (κ2) is 6.09. The minimum Gasteiger partial charge on any atom is -0.493 e. The number of nitrogens with two attached hydrogens (primary N) is 1. The van der Waals surface area contributed by atoms with Crippen LogP contribution in [0.3, 0.4) is 0 Å². The smallest absolute Gasteiger partial charge is 0.313 e. The summed E-state index contributed by atoms with van der Waals surface area (Å²) in [6.45, 7) is 3.19. The molecule has 0 radical (unpaired) electrons. The molecule has 0 saturated carbocycles. The van der Waals surface area contributed by atoms with E-state index < -0.39 is 23.2 Å². The fourth-order valence-electron chi connectivity index (χ4n) is 1.89. The Morgan fingerprint density at radius 3 is 2.15 bits per heavy atom. The van der Waals surface area contributed by atoms with Crippen LogP contribution >= 0.6 is 0 Å². The predicted molar refractivity (Wildman–Crippen MR) is 72.2 cm³/mol. The molecule has 1 rings (SSSR count). The SMILES string of the molecule is COC(=O)C(C)(C)[C@@H](N)c1cc(OC)c(OC)cc1F. The second-order valence-electron chi connectivity index (χ2n) is 4.92. The van der Waals surface area contributed by atoms with Crippen LogP contribution in [-0.4, -0.2) is 27.3 Å². The zero-order chi connectivity index (χ0) is 15.5. The molecule has 0 heterocycles. The molecule has 0 amide bonds. The lowest BCUT2D eigenvalue weighted by Crippen LogP contribution is -2.37. The lowest BCUT2D eigenvalue weighted by molar-refractivity contribution is -0.152. The van der Waals surface area contributed by atoms with E-state index in [2.05, 4.69) is 0 Å². The molecule has 0 saturated heterocycles. The lowest BCUT2D eigenvalue weighted by atomic mass is 9.80. The van der Waals surface area contributed by atoms with E-state index in [4.69, 9.17) is 19.9 Å². The summed E-state index contributed by atoms with van der Waals surface area (Å²) in [7, 11) is 4.12. The molecule has 1 aromatic carbocycles. The van der Waals surface area contributed by atoms with Crippen LogP contribution in [0.5, 0.6) is 11.5 Å². The molecular weight excluding hydrogens is 265 g/mol. The Bertz CT molecular complexity index is 502. The molecule has 112 valence electrons. The molecular formula is C14H20FNO4. The van der Waals surface area contributed by atoms with Gasteiger partial charge in [0.25, 0.3) is 0 Å². The molecule has 0 aliphatic carbocycles. The number of halogens is 1. The van der Waals surface area contributed by atoms with Crippen molar-refractivity contribution < 1.29 is 23.4 Å². The highest BCUT2D eigenvalue weighted by molar-refractivity contribution is 5.77. The monoisotopic (exact) mass is 285 g/mol. The zero-order valence-electron chi connectivity index (χ0n) is 12.3. The molecule has 20 heavy (non-hydrogen) atoms. The lowest BCUT2D eigenvalue weighted by Gasteiger charge is -2.29. The zero-order valence-corrected chi connectivity index (χ0v) is 12.3. The van der Waals surface area contributed by atoms with E-state index in [1.54, 1.807) is 13.8 Å². The Balaban J connectivity index is 3.29. The average Bonchev–Trinajstić information content (AvgIpc) is 2.44. The fraction of sp³-hybridized carbons (Fsp3) is 0.500. The number of rotatable bonds is 5. The van der Waals surface area contributed by atoms with Gasteiger partial charge in [-0.15, -0.1) is 0 Å². The van der Waals surface area contributed by atoms with Crippen molar-refractivity contribution in [2.24, 2.45) is 11.1 Å². The molecule has 6 heteroatoms. The van der Waals surface area contributed by atoms with E-state index in [-0.39, 0.29) is 11.3 Å². The summed E-state index contributed by atoms with van der Waals surface area (Å²) in [5.41, 5.74) is 5.12. The molecule has 0 aliphatic heterocycles. The summed E-state index contributed by atoms with van der Waals surface area (Å²) < 4.78 is 29.0. The van der Waals surface area contributed by atoms with Gasteiger partial charge in [0.15, 0.2) is 11.5 Å². The number of methoxy groups -OCH3 is 3. The van der Waals surface area contributed by atoms with Crippen LogP contribution < -0.4 is 15.2 Å². The van der Waals surface area contributed by atoms with Gasteiger partial charge < -0.3 is 19.9 Å². The summed E-state index contributed by atoms with van der Waals surface area (Å²) in [5, 5.41) is 0. The number of hydrogen-bond acceptors (Lipinski definition) is 5. The molecule has 1 atom stereocenters. The number of esters is 1. The summed E-state index contributed by atoms with van der Waals surface area (Å²) in [6, 6.07) is 1.74. The van der Waals surface area contributed by atoms with Gasteiger partial charge in [-0.3, -0.25) is 4.79 Å². The van der Waals surface area contributed by atoms with Crippen LogP contribution in [0.25, 0.3) is 0 Å². The number of hydrogen-bond donors (Lipinski definition) is 1. The highest BCUT2D eigenvalue weighted by atomic mass is 19.1. The Kier molecular flexibility index (Phi) is 4.94. The van der Waals surface area contributed by atoms with Crippen LogP contribution in [0.2, 0.25) is 0 Å². The third-order valence-electron chi connectivity index (χ3n) is 3.33. The Morgan fingerprint density at radius 1 is 1.20 bits per heavy atom. The van der Waals surface area contributed by atoms with Gasteiger partial charge in [-0.1, -0.05) is 0 Å². The van der Waals surface area contributed by atoms with Gasteiger partial charge in [-0.2, -0.15) is 0 Å². The van der Waals surface area contributed by atoms with Gasteiger partial charge in [0, 0.05) is 17.7 Å². The molecule has 0 spiro atoms. The molecule has 0 aliphatic rings. The minimum atomic E-state index is -1.07. The van der Waals surface area contributed by atoms with Gasteiger partial charge in [0.2, 0.25) is 0 Å². The first kappa shape index (κ1) is 16.2. The maximum absolute atomic E-state index is 14.1. The summed E-state index contributed by atoms with van der Waals surface area (Å²) in [4.78, 5) is 11.8. The Hall–Kier alpha value is -1.82. The molecule has 0 aromatic heterocycles. The highest BCUT2D eigenvalue weighted by Gasteiger charge is 2.38. The van der Waals surface area contributed by atoms with Crippen LogP contribution in [0.4, 0.5) is 4.39 Å². The van der Waals surface area contributed by atoms with Crippen molar-refractivity contribution in [3.8, 4) is 11.5 Å². The standard InChI is InChI=1S/C14H20FNO4/c1-14(2,13(17)20-5)12(16)8-6-10(18-3)11(19-4)7-9(8)15/h6-7,12H,16H2,1-5H3/t12-/m0/s1. The van der Waals surface area contributed by atoms with Gasteiger partial charge in [0.05, 0.1) is 26.7 Å². The van der Waals surface area contributed by atoms with E-state index in [9.17, 15) is 9.18 Å². The average molecular weight is 285 g/mol. The molecule has 0 bridgehead atoms. The van der Waals surface area contributed by atoms with Crippen molar-refractivity contribution >= 4 is 5.97 Å². The van der Waals surface area contributed by atoms with E-state index in [0.717, 1.165) is 0 Å². The summed E-state index contributed by atoms with van der Waals surface area (Å²) >= 11 is 0. The van der Waals surface area contributed by atoms with Crippen LogP contribution in [-0.2, 0) is 9.53 Å². The van der Waals surface area contributed by atoms with E-state index in [1.165, 1.54) is 33.5 Å². The van der Waals surface area contributed by atoms with Crippen molar-refractivity contribution in [2.75, 3.05) is 21.3 Å². The first-order chi connectivity index (χ1) is 9.29. The molecule has 2 N–H and O–H groups in total. The largest absolute Gasteiger partial charge is 0.493 e. The molecule has 1 aromatic rings. The fourth-order valence-corrected chi connectivity index (χ4v) is 1.89. The maximum Gasteiger partial charge on any atom is 0.313 e. The minimum absolute atomic E-state index is 0.165. The van der Waals surface area contributed by atoms with Crippen LogP contribution in [0.15, 0.2) is 12.1 Å². The molecule has 0 fully saturated rings. The maximum atomic E-state index is 14.1. The second-order valence-corrected chi connectivity index (χ2v) is 4.92. The van der Waals surface area contributed by atoms with Gasteiger partial charge in [-0.25, -0.2) is 4.39 Å². The van der Waals surface area contributed by atoms with Crippen molar-refractivity contribution in [2.45, 2.75) is 19.9 Å². The van der Waals surface area contributed by atoms with Gasteiger partial charge in [-0.05, 0) is 19.9 Å². The predicted octanol–water partition coefficient (Wildman–Crippen LogP) is 2.04. The summed E-state index contributed by atoms with van der Waals surface area (Å²) in [6.07, 6.45) is 0. The Morgan fingerprint density at radius 2 is 1.70 bits per heavy atom. The quantitative estimate of drug-likeness (QED) is 0.838.